The van der Waals surface area contributed by atoms with E-state index in [0.29, 0.717) is 5.82 Å². The van der Waals surface area contributed by atoms with E-state index in [0.717, 1.165) is 5.56 Å². The Bertz CT molecular complexity index is 610. The molecule has 19 heavy (non-hydrogen) atoms. The molecule has 2 rings (SSSR count). The average molecular weight is 277 g/mol. The number of hydrogen-bond acceptors (Lipinski definition) is 5. The number of hydrogen-bond donors (Lipinski definition) is 1. The van der Waals surface area contributed by atoms with Crippen molar-refractivity contribution in [2.45, 2.75) is 26.8 Å². The zero-order chi connectivity index (χ0) is 14.0. The molecule has 0 radical (unpaired) electrons. The third-order valence-corrected chi connectivity index (χ3v) is 3.86. The highest BCUT2D eigenvalue weighted by Gasteiger charge is 2.18. The smallest absolute Gasteiger partial charge is 0.311 e. The van der Waals surface area contributed by atoms with Gasteiger partial charge in [-0.15, -0.1) is 11.3 Å². The van der Waals surface area contributed by atoms with Crippen molar-refractivity contribution >= 4 is 22.8 Å². The number of aromatic nitrogens is 1. The third-order valence-electron chi connectivity index (χ3n) is 2.88. The molecule has 1 unspecified atom stereocenters. The van der Waals surface area contributed by atoms with Crippen molar-refractivity contribution in [2.24, 2.45) is 0 Å². The minimum Gasteiger partial charge on any atom is -0.358 e. The molecule has 5 nitrogen and oxygen atoms in total. The number of anilines is 1. The summed E-state index contributed by atoms with van der Waals surface area (Å²) in [6, 6.07) is 5.10. The Morgan fingerprint density at radius 3 is 2.79 bits per heavy atom. The van der Waals surface area contributed by atoms with E-state index in [1.807, 2.05) is 6.92 Å². The maximum absolute atomic E-state index is 10.9. The van der Waals surface area contributed by atoms with Gasteiger partial charge in [0.15, 0.2) is 0 Å². The lowest BCUT2D eigenvalue weighted by atomic mass is 10.1. The molecule has 0 spiro atoms. The highest BCUT2D eigenvalue weighted by atomic mass is 32.1. The molecule has 0 amide bonds. The number of thiophene rings is 1. The first-order chi connectivity index (χ1) is 8.99. The summed E-state index contributed by atoms with van der Waals surface area (Å²) in [6.07, 6.45) is 1.55. The maximum atomic E-state index is 10.9. The van der Waals surface area contributed by atoms with Crippen molar-refractivity contribution in [3.63, 3.8) is 0 Å². The molecule has 0 aliphatic carbocycles. The Balaban J connectivity index is 2.26. The van der Waals surface area contributed by atoms with Crippen LogP contribution in [-0.2, 0) is 0 Å². The molecule has 1 atom stereocenters. The topological polar surface area (TPSA) is 68.1 Å². The Labute approximate surface area is 115 Å². The summed E-state index contributed by atoms with van der Waals surface area (Å²) in [5.74, 6) is 0.309. The van der Waals surface area contributed by atoms with Crippen LogP contribution in [0.4, 0.5) is 11.5 Å². The van der Waals surface area contributed by atoms with Gasteiger partial charge in [-0.1, -0.05) is 0 Å². The first kappa shape index (κ1) is 13.5. The highest BCUT2D eigenvalue weighted by Crippen LogP contribution is 2.30. The van der Waals surface area contributed by atoms with Crippen molar-refractivity contribution in [1.82, 2.24) is 4.98 Å². The summed E-state index contributed by atoms with van der Waals surface area (Å²) in [6.45, 7) is 6.09. The summed E-state index contributed by atoms with van der Waals surface area (Å²) in [5, 5.41) is 14.1. The van der Waals surface area contributed by atoms with Crippen LogP contribution in [0.2, 0.25) is 0 Å². The van der Waals surface area contributed by atoms with E-state index < -0.39 is 4.92 Å². The summed E-state index contributed by atoms with van der Waals surface area (Å²) < 4.78 is 0. The third kappa shape index (κ3) is 2.90. The fourth-order valence-corrected chi connectivity index (χ4v) is 3.04. The van der Waals surface area contributed by atoms with E-state index in [-0.39, 0.29) is 11.7 Å². The average Bonchev–Trinajstić information content (AvgIpc) is 2.69. The zero-order valence-electron chi connectivity index (χ0n) is 11.0. The number of nitrogens with one attached hydrogen (secondary N) is 1. The van der Waals surface area contributed by atoms with Crippen molar-refractivity contribution in [3.05, 3.63) is 49.8 Å². The van der Waals surface area contributed by atoms with Crippen LogP contribution in [0.15, 0.2) is 24.4 Å². The fourth-order valence-electron chi connectivity index (χ4n) is 2.02. The molecule has 0 bridgehead atoms. The second-order valence-electron chi connectivity index (χ2n) is 4.36. The van der Waals surface area contributed by atoms with Gasteiger partial charge in [-0.3, -0.25) is 10.1 Å². The molecule has 2 heterocycles. The lowest BCUT2D eigenvalue weighted by molar-refractivity contribution is -0.384. The summed E-state index contributed by atoms with van der Waals surface area (Å²) >= 11 is 1.72. The molecule has 0 aliphatic heterocycles. The van der Waals surface area contributed by atoms with Crippen LogP contribution < -0.4 is 5.32 Å². The van der Waals surface area contributed by atoms with Crippen molar-refractivity contribution in [3.8, 4) is 0 Å². The summed E-state index contributed by atoms with van der Waals surface area (Å²) in [4.78, 5) is 17.0. The van der Waals surface area contributed by atoms with E-state index in [1.165, 1.54) is 15.8 Å². The fraction of sp³-hybridized carbons (Fsp3) is 0.308. The quantitative estimate of drug-likeness (QED) is 0.681. The monoisotopic (exact) mass is 277 g/mol. The molecule has 1 N–H and O–H groups in total. The van der Waals surface area contributed by atoms with Gasteiger partial charge in [0.05, 0.1) is 11.0 Å². The number of nitrogens with zero attached hydrogens (tertiary/aromatic N) is 2. The lowest BCUT2D eigenvalue weighted by Crippen LogP contribution is -2.09. The van der Waals surface area contributed by atoms with Gasteiger partial charge in [0.25, 0.3) is 0 Å². The predicted molar refractivity (Wildman–Crippen MR) is 76.7 cm³/mol. The first-order valence-electron chi connectivity index (χ1n) is 5.92. The van der Waals surface area contributed by atoms with Crippen LogP contribution in [0.1, 0.15) is 28.3 Å². The van der Waals surface area contributed by atoms with Gasteiger partial charge < -0.3 is 5.32 Å². The van der Waals surface area contributed by atoms with Crippen LogP contribution in [0.3, 0.4) is 0 Å². The van der Waals surface area contributed by atoms with Crippen LogP contribution >= 0.6 is 11.3 Å². The van der Waals surface area contributed by atoms with Crippen LogP contribution in [0, 0.1) is 24.0 Å². The standard InChI is InChI=1S/C13H15N3O2S/c1-8-7-11(10(3)19-8)9(2)15-13-12(16(17)18)5-4-6-14-13/h4-7,9H,1-3H3,(H,14,15). The SMILES string of the molecule is Cc1cc(C(C)Nc2ncccc2[N+](=O)[O-])c(C)s1. The number of rotatable bonds is 4. The van der Waals surface area contributed by atoms with Crippen LogP contribution in [-0.4, -0.2) is 9.91 Å². The Kier molecular flexibility index (Phi) is 3.80. The largest absolute Gasteiger partial charge is 0.358 e. The van der Waals surface area contributed by atoms with Gasteiger partial charge in [-0.25, -0.2) is 4.98 Å². The molecule has 2 aromatic heterocycles. The first-order valence-corrected chi connectivity index (χ1v) is 6.73. The molecule has 0 aromatic carbocycles. The normalized spacial score (nSPS) is 12.2. The minimum absolute atomic E-state index is 0.000968. The van der Waals surface area contributed by atoms with Crippen LogP contribution in [0.5, 0.6) is 0 Å². The van der Waals surface area contributed by atoms with Crippen molar-refractivity contribution in [2.75, 3.05) is 5.32 Å². The van der Waals surface area contributed by atoms with E-state index in [1.54, 1.807) is 23.6 Å². The van der Waals surface area contributed by atoms with E-state index in [4.69, 9.17) is 0 Å². The molecular formula is C13H15N3O2S. The summed E-state index contributed by atoms with van der Waals surface area (Å²) in [7, 11) is 0. The molecule has 0 saturated heterocycles. The van der Waals surface area contributed by atoms with Crippen LogP contribution in [0.25, 0.3) is 0 Å². The number of pyridine rings is 1. The highest BCUT2D eigenvalue weighted by molar-refractivity contribution is 7.12. The van der Waals surface area contributed by atoms with Crippen molar-refractivity contribution in [1.29, 1.82) is 0 Å². The van der Waals surface area contributed by atoms with E-state index in [2.05, 4.69) is 30.2 Å². The molecule has 2 aromatic rings. The minimum atomic E-state index is -0.423. The Morgan fingerprint density at radius 2 is 2.21 bits per heavy atom. The van der Waals surface area contributed by atoms with Gasteiger partial charge >= 0.3 is 5.69 Å². The van der Waals surface area contributed by atoms with Gasteiger partial charge in [0, 0.05) is 22.0 Å². The second-order valence-corrected chi connectivity index (χ2v) is 5.82. The second kappa shape index (κ2) is 5.36. The van der Waals surface area contributed by atoms with Crippen molar-refractivity contribution < 1.29 is 4.92 Å². The predicted octanol–water partition coefficient (Wildman–Crippen LogP) is 3.84. The van der Waals surface area contributed by atoms with Gasteiger partial charge in [0.1, 0.15) is 0 Å². The zero-order valence-corrected chi connectivity index (χ0v) is 11.8. The Hall–Kier alpha value is -1.95. The lowest BCUT2D eigenvalue weighted by Gasteiger charge is -2.14. The van der Waals surface area contributed by atoms with E-state index >= 15 is 0 Å². The Morgan fingerprint density at radius 1 is 1.47 bits per heavy atom. The molecule has 6 heteroatoms. The van der Waals surface area contributed by atoms with Gasteiger partial charge in [0.2, 0.25) is 5.82 Å². The number of aryl methyl sites for hydroxylation is 2. The van der Waals surface area contributed by atoms with E-state index in [9.17, 15) is 10.1 Å². The molecular weight excluding hydrogens is 262 g/mol. The summed E-state index contributed by atoms with van der Waals surface area (Å²) in [5.41, 5.74) is 1.15. The molecule has 0 saturated carbocycles. The molecule has 100 valence electrons. The molecule has 0 aliphatic rings. The van der Waals surface area contributed by atoms with Gasteiger partial charge in [-0.2, -0.15) is 0 Å². The number of nitro groups is 1. The van der Waals surface area contributed by atoms with Gasteiger partial charge in [-0.05, 0) is 38.5 Å². The maximum Gasteiger partial charge on any atom is 0.311 e. The molecule has 0 fully saturated rings.